The van der Waals surface area contributed by atoms with Crippen LogP contribution in [0.1, 0.15) is 59.0 Å². The maximum Gasteiger partial charge on any atom is 0.264 e. The summed E-state index contributed by atoms with van der Waals surface area (Å²) in [6, 6.07) is 3.34. The number of carbonyl (C=O) groups is 1. The van der Waals surface area contributed by atoms with Crippen molar-refractivity contribution in [2.75, 3.05) is 18.8 Å². The van der Waals surface area contributed by atoms with Gasteiger partial charge in [0.15, 0.2) is 0 Å². The molecule has 1 N–H and O–H groups in total. The second kappa shape index (κ2) is 8.00. The summed E-state index contributed by atoms with van der Waals surface area (Å²) < 4.78 is 25.9. The van der Waals surface area contributed by atoms with Gasteiger partial charge in [-0.05, 0) is 44.1 Å². The number of sulfonamides is 1. The molecule has 2 aliphatic rings. The van der Waals surface area contributed by atoms with Gasteiger partial charge in [-0.2, -0.15) is 4.31 Å². The Balaban J connectivity index is 1.68. The number of amides is 1. The third kappa shape index (κ3) is 3.88. The lowest BCUT2D eigenvalue weighted by atomic mass is 10.00. The van der Waals surface area contributed by atoms with Gasteiger partial charge in [-0.3, -0.25) is 9.59 Å². The minimum Gasteiger partial charge on any atom is -0.328 e. The third-order valence-electron chi connectivity index (χ3n) is 5.63. The number of H-pyrrole nitrogens is 1. The lowest BCUT2D eigenvalue weighted by molar-refractivity contribution is 0.0604. The van der Waals surface area contributed by atoms with Gasteiger partial charge in [0.2, 0.25) is 10.0 Å². The maximum absolute atomic E-state index is 13.0. The summed E-state index contributed by atoms with van der Waals surface area (Å²) in [5.41, 5.74) is 0.817. The molecule has 10 heteroatoms. The van der Waals surface area contributed by atoms with Gasteiger partial charge in [-0.25, -0.2) is 13.4 Å². The van der Waals surface area contributed by atoms with Gasteiger partial charge in [-0.15, -0.1) is 11.3 Å². The average molecular weight is 437 g/mol. The molecule has 2 aromatic heterocycles. The topological polar surface area (TPSA) is 103 Å². The number of nitrogens with one attached hydrogen (secondary N) is 1. The zero-order valence-electron chi connectivity index (χ0n) is 16.3. The van der Waals surface area contributed by atoms with E-state index in [1.165, 1.54) is 15.6 Å². The smallest absolute Gasteiger partial charge is 0.264 e. The van der Waals surface area contributed by atoms with Crippen LogP contribution in [-0.4, -0.2) is 52.3 Å². The number of aromatic amines is 1. The van der Waals surface area contributed by atoms with Crippen LogP contribution in [-0.2, 0) is 23.0 Å². The number of hydrogen-bond donors (Lipinski definition) is 1. The van der Waals surface area contributed by atoms with Crippen molar-refractivity contribution in [1.82, 2.24) is 19.2 Å². The molecule has 2 aliphatic heterocycles. The normalized spacial score (nSPS) is 20.4. The largest absolute Gasteiger partial charge is 0.328 e. The molecule has 4 rings (SSSR count). The molecule has 0 bridgehead atoms. The molecule has 29 heavy (non-hydrogen) atoms. The van der Waals surface area contributed by atoms with E-state index in [1.807, 2.05) is 11.4 Å². The lowest BCUT2D eigenvalue weighted by Crippen LogP contribution is -2.42. The fourth-order valence-corrected chi connectivity index (χ4v) is 5.75. The van der Waals surface area contributed by atoms with Crippen molar-refractivity contribution < 1.29 is 13.2 Å². The number of aromatic nitrogens is 2. The number of fused-ring (bicyclic) bond motifs is 1. The molecular formula is C19H24N4O4S2. The van der Waals surface area contributed by atoms with Crippen molar-refractivity contribution in [3.8, 4) is 0 Å². The second-order valence-corrected chi connectivity index (χ2v) is 10.6. The Labute approximate surface area is 173 Å². The molecule has 1 saturated heterocycles. The standard InChI is InChI=1S/C19H24N4O4S2/c1-2-29(26,27)22-10-8-13-14(12-22)20-17(21-18(13)24)15-6-3-4-9-23(15)19(25)16-7-5-11-28-16/h5,7,11,15H,2-4,6,8-10,12H2,1H3,(H,20,21,24)/t15-/m1/s1. The Morgan fingerprint density at radius 3 is 2.90 bits per heavy atom. The van der Waals surface area contributed by atoms with Crippen LogP contribution in [0.3, 0.4) is 0 Å². The number of likely N-dealkylation sites (tertiary alicyclic amines) is 1. The predicted molar refractivity (Wildman–Crippen MR) is 110 cm³/mol. The second-order valence-electron chi connectivity index (χ2n) is 7.35. The fourth-order valence-electron chi connectivity index (χ4n) is 4.01. The summed E-state index contributed by atoms with van der Waals surface area (Å²) >= 11 is 1.40. The van der Waals surface area contributed by atoms with Crippen LogP contribution in [0.25, 0.3) is 0 Å². The Kier molecular flexibility index (Phi) is 5.58. The molecule has 8 nitrogen and oxygen atoms in total. The number of thiophene rings is 1. The van der Waals surface area contributed by atoms with E-state index in [1.54, 1.807) is 17.9 Å². The number of carbonyl (C=O) groups excluding carboxylic acids is 1. The van der Waals surface area contributed by atoms with E-state index in [4.69, 9.17) is 0 Å². The maximum atomic E-state index is 13.0. The SMILES string of the molecule is CCS(=O)(=O)N1CCc2c(nc([C@H]3CCCCN3C(=O)c3cccs3)[nH]c2=O)C1. The summed E-state index contributed by atoms with van der Waals surface area (Å²) in [5, 5.41) is 1.87. The summed E-state index contributed by atoms with van der Waals surface area (Å²) in [5.74, 6) is 0.416. The Bertz CT molecular complexity index is 1060. The van der Waals surface area contributed by atoms with Crippen molar-refractivity contribution in [1.29, 1.82) is 0 Å². The van der Waals surface area contributed by atoms with Crippen LogP contribution in [0.2, 0.25) is 0 Å². The van der Waals surface area contributed by atoms with Crippen LogP contribution in [0.4, 0.5) is 0 Å². The molecule has 0 unspecified atom stereocenters. The highest BCUT2D eigenvalue weighted by atomic mass is 32.2. The Hall–Kier alpha value is -2.04. The summed E-state index contributed by atoms with van der Waals surface area (Å²) in [6.07, 6.45) is 2.91. The molecule has 0 aromatic carbocycles. The third-order valence-corrected chi connectivity index (χ3v) is 8.31. The first-order chi connectivity index (χ1) is 13.9. The fraction of sp³-hybridized carbons (Fsp3) is 0.526. The lowest BCUT2D eigenvalue weighted by Gasteiger charge is -2.35. The van der Waals surface area contributed by atoms with Crippen LogP contribution in [0, 0.1) is 0 Å². The average Bonchev–Trinajstić information content (AvgIpc) is 3.27. The van der Waals surface area contributed by atoms with E-state index in [9.17, 15) is 18.0 Å². The van der Waals surface area contributed by atoms with E-state index in [-0.39, 0.29) is 29.8 Å². The molecule has 1 atom stereocenters. The highest BCUT2D eigenvalue weighted by Crippen LogP contribution is 2.31. The van der Waals surface area contributed by atoms with Gasteiger partial charge < -0.3 is 9.88 Å². The van der Waals surface area contributed by atoms with E-state index in [0.717, 1.165) is 19.3 Å². The minimum absolute atomic E-state index is 0.0180. The van der Waals surface area contributed by atoms with E-state index in [2.05, 4.69) is 9.97 Å². The first-order valence-electron chi connectivity index (χ1n) is 9.85. The quantitative estimate of drug-likeness (QED) is 0.789. The van der Waals surface area contributed by atoms with Crippen molar-refractivity contribution in [3.05, 3.63) is 49.8 Å². The highest BCUT2D eigenvalue weighted by Gasteiger charge is 2.33. The van der Waals surface area contributed by atoms with E-state index in [0.29, 0.717) is 41.5 Å². The Morgan fingerprint density at radius 2 is 2.17 bits per heavy atom. The molecule has 156 valence electrons. The van der Waals surface area contributed by atoms with E-state index >= 15 is 0 Å². The number of piperidine rings is 1. The van der Waals surface area contributed by atoms with Crippen molar-refractivity contribution >= 4 is 27.3 Å². The molecule has 0 aliphatic carbocycles. The molecule has 4 heterocycles. The van der Waals surface area contributed by atoms with Gasteiger partial charge in [0.1, 0.15) is 5.82 Å². The summed E-state index contributed by atoms with van der Waals surface area (Å²) in [7, 11) is -3.35. The van der Waals surface area contributed by atoms with Crippen LogP contribution in [0.15, 0.2) is 22.3 Å². The zero-order valence-corrected chi connectivity index (χ0v) is 17.9. The van der Waals surface area contributed by atoms with Gasteiger partial charge in [-0.1, -0.05) is 6.07 Å². The first kappa shape index (κ1) is 20.2. The predicted octanol–water partition coefficient (Wildman–Crippen LogP) is 1.91. The molecule has 1 amide bonds. The highest BCUT2D eigenvalue weighted by molar-refractivity contribution is 7.89. The minimum atomic E-state index is -3.35. The Morgan fingerprint density at radius 1 is 1.34 bits per heavy atom. The molecule has 1 fully saturated rings. The number of rotatable bonds is 4. The summed E-state index contributed by atoms with van der Waals surface area (Å²) in [6.45, 7) is 2.61. The zero-order chi connectivity index (χ0) is 20.6. The number of nitrogens with zero attached hydrogens (tertiary/aromatic N) is 3. The van der Waals surface area contributed by atoms with Crippen molar-refractivity contribution in [2.45, 2.75) is 45.2 Å². The van der Waals surface area contributed by atoms with Gasteiger partial charge in [0.25, 0.3) is 11.5 Å². The van der Waals surface area contributed by atoms with Crippen LogP contribution >= 0.6 is 11.3 Å². The van der Waals surface area contributed by atoms with Gasteiger partial charge in [0.05, 0.1) is 28.9 Å². The van der Waals surface area contributed by atoms with Crippen molar-refractivity contribution in [3.63, 3.8) is 0 Å². The molecule has 2 aromatic rings. The first-order valence-corrected chi connectivity index (χ1v) is 12.3. The number of hydrogen-bond acceptors (Lipinski definition) is 6. The van der Waals surface area contributed by atoms with Crippen LogP contribution < -0.4 is 5.56 Å². The molecular weight excluding hydrogens is 412 g/mol. The molecule has 0 radical (unpaired) electrons. The van der Waals surface area contributed by atoms with Crippen molar-refractivity contribution in [2.24, 2.45) is 0 Å². The van der Waals surface area contributed by atoms with Gasteiger partial charge >= 0.3 is 0 Å². The molecule has 0 spiro atoms. The van der Waals surface area contributed by atoms with Crippen LogP contribution in [0.5, 0.6) is 0 Å². The summed E-state index contributed by atoms with van der Waals surface area (Å²) in [4.78, 5) is 35.6. The van der Waals surface area contributed by atoms with E-state index < -0.39 is 10.0 Å². The van der Waals surface area contributed by atoms with Gasteiger partial charge in [0, 0.05) is 18.7 Å². The molecule has 0 saturated carbocycles. The monoisotopic (exact) mass is 436 g/mol.